The van der Waals surface area contributed by atoms with Crippen LogP contribution in [0.4, 0.5) is 24.8 Å². The number of carbonyl (C=O) groups excluding carboxylic acids is 1. The fourth-order valence-corrected chi connectivity index (χ4v) is 3.96. The van der Waals surface area contributed by atoms with Crippen molar-refractivity contribution in [2.45, 2.75) is 6.18 Å². The van der Waals surface area contributed by atoms with Crippen molar-refractivity contribution in [2.75, 3.05) is 42.9 Å². The van der Waals surface area contributed by atoms with Crippen LogP contribution in [0, 0.1) is 0 Å². The van der Waals surface area contributed by atoms with Crippen molar-refractivity contribution >= 4 is 17.5 Å². The predicted octanol–water partition coefficient (Wildman–Crippen LogP) is 2.02. The first kappa shape index (κ1) is 23.4. The summed E-state index contributed by atoms with van der Waals surface area (Å²) in [6.45, 7) is 2.27. The summed E-state index contributed by atoms with van der Waals surface area (Å²) >= 11 is 0. The minimum Gasteiger partial charge on any atom is -0.337 e. The topological polar surface area (TPSA) is 110 Å². The van der Waals surface area contributed by atoms with Crippen LogP contribution < -0.4 is 10.2 Å². The van der Waals surface area contributed by atoms with Crippen LogP contribution in [0.15, 0.2) is 61.2 Å². The first-order valence-corrected chi connectivity index (χ1v) is 11.1. The van der Waals surface area contributed by atoms with E-state index in [-0.39, 0.29) is 17.9 Å². The molecule has 0 radical (unpaired) electrons. The van der Waals surface area contributed by atoms with Gasteiger partial charge in [-0.15, -0.1) is 0 Å². The standard InChI is InChI=1S/C22H21F3N10O/c23-22(24,25)16-6-7-19(34-15-26-14-27-34)18(12-16)28-20(36)13-32-8-10-33(11-9-32)21-29-30-31-35(21)17-4-2-1-3-5-17/h1-7,12,14-15H,8-11,13H2,(H,28,36). The fourth-order valence-electron chi connectivity index (χ4n) is 3.96. The maximum absolute atomic E-state index is 13.3. The number of para-hydroxylation sites is 1. The number of hydrogen-bond donors (Lipinski definition) is 1. The molecule has 1 amide bonds. The molecule has 1 aliphatic rings. The number of amides is 1. The number of halogens is 3. The van der Waals surface area contributed by atoms with Gasteiger partial charge in [0.25, 0.3) is 0 Å². The van der Waals surface area contributed by atoms with E-state index >= 15 is 0 Å². The van der Waals surface area contributed by atoms with Gasteiger partial charge in [0.05, 0.1) is 29.2 Å². The van der Waals surface area contributed by atoms with E-state index in [2.05, 4.69) is 30.9 Å². The summed E-state index contributed by atoms with van der Waals surface area (Å²) in [5.41, 5.74) is 0.252. The number of alkyl halides is 3. The highest BCUT2D eigenvalue weighted by atomic mass is 19.4. The van der Waals surface area contributed by atoms with Crippen molar-refractivity contribution in [3.63, 3.8) is 0 Å². The predicted molar refractivity (Wildman–Crippen MR) is 123 cm³/mol. The quantitative estimate of drug-likeness (QED) is 0.430. The molecule has 2 aromatic heterocycles. The molecule has 4 aromatic rings. The van der Waals surface area contributed by atoms with Gasteiger partial charge < -0.3 is 10.2 Å². The molecule has 2 aromatic carbocycles. The third-order valence-electron chi connectivity index (χ3n) is 5.74. The third-order valence-corrected chi connectivity index (χ3v) is 5.74. The van der Waals surface area contributed by atoms with E-state index in [0.717, 1.165) is 17.8 Å². The number of aromatic nitrogens is 7. The summed E-state index contributed by atoms with van der Waals surface area (Å²) in [6.07, 6.45) is -1.94. The number of nitrogens with one attached hydrogen (secondary N) is 1. The molecule has 3 heterocycles. The smallest absolute Gasteiger partial charge is 0.337 e. The van der Waals surface area contributed by atoms with Crippen molar-refractivity contribution in [1.82, 2.24) is 39.9 Å². The lowest BCUT2D eigenvalue weighted by Crippen LogP contribution is -2.49. The van der Waals surface area contributed by atoms with Crippen LogP contribution in [0.5, 0.6) is 0 Å². The van der Waals surface area contributed by atoms with E-state index in [4.69, 9.17) is 0 Å². The Kier molecular flexibility index (Phi) is 6.33. The molecule has 1 N–H and O–H groups in total. The lowest BCUT2D eigenvalue weighted by molar-refractivity contribution is -0.137. The largest absolute Gasteiger partial charge is 0.416 e. The van der Waals surface area contributed by atoms with Crippen molar-refractivity contribution in [3.05, 3.63) is 66.7 Å². The van der Waals surface area contributed by atoms with Crippen molar-refractivity contribution in [2.24, 2.45) is 0 Å². The molecular formula is C22H21F3N10O. The maximum Gasteiger partial charge on any atom is 0.416 e. The highest BCUT2D eigenvalue weighted by Crippen LogP contribution is 2.33. The highest BCUT2D eigenvalue weighted by molar-refractivity contribution is 5.94. The van der Waals surface area contributed by atoms with Gasteiger partial charge in [-0.25, -0.2) is 9.67 Å². The molecule has 1 aliphatic heterocycles. The molecular weight excluding hydrogens is 477 g/mol. The van der Waals surface area contributed by atoms with Gasteiger partial charge in [-0.2, -0.15) is 23.0 Å². The number of tetrazole rings is 1. The van der Waals surface area contributed by atoms with Gasteiger partial charge in [-0.1, -0.05) is 23.3 Å². The molecule has 0 spiro atoms. The van der Waals surface area contributed by atoms with Crippen LogP contribution in [-0.2, 0) is 11.0 Å². The lowest BCUT2D eigenvalue weighted by atomic mass is 10.1. The van der Waals surface area contributed by atoms with Crippen LogP contribution in [0.2, 0.25) is 0 Å². The van der Waals surface area contributed by atoms with Gasteiger partial charge in [0.1, 0.15) is 12.7 Å². The summed E-state index contributed by atoms with van der Waals surface area (Å²) in [5, 5.41) is 18.6. The number of nitrogens with zero attached hydrogens (tertiary/aromatic N) is 9. The number of rotatable bonds is 6. The Morgan fingerprint density at radius 3 is 2.50 bits per heavy atom. The number of anilines is 2. The van der Waals surface area contributed by atoms with E-state index < -0.39 is 17.6 Å². The fraction of sp³-hybridized carbons (Fsp3) is 0.273. The highest BCUT2D eigenvalue weighted by Gasteiger charge is 2.31. The molecule has 0 atom stereocenters. The molecule has 0 unspecified atom stereocenters. The summed E-state index contributed by atoms with van der Waals surface area (Å²) in [5.74, 6) is 0.171. The normalized spacial score (nSPS) is 14.7. The van der Waals surface area contributed by atoms with Gasteiger partial charge in [0, 0.05) is 26.2 Å². The first-order valence-electron chi connectivity index (χ1n) is 11.1. The van der Waals surface area contributed by atoms with E-state index in [1.807, 2.05) is 40.1 Å². The maximum atomic E-state index is 13.3. The Morgan fingerprint density at radius 1 is 1.03 bits per heavy atom. The molecule has 5 rings (SSSR count). The Labute approximate surface area is 203 Å². The van der Waals surface area contributed by atoms with Crippen LogP contribution >= 0.6 is 0 Å². The minimum atomic E-state index is -4.55. The monoisotopic (exact) mass is 498 g/mol. The SMILES string of the molecule is O=C(CN1CCN(c2nnnn2-c2ccccc2)CC1)Nc1cc(C(F)(F)F)ccc1-n1cncn1. The zero-order valence-corrected chi connectivity index (χ0v) is 18.9. The van der Waals surface area contributed by atoms with Gasteiger partial charge in [0.2, 0.25) is 11.9 Å². The molecule has 14 heteroatoms. The first-order chi connectivity index (χ1) is 17.4. The van der Waals surface area contributed by atoms with Gasteiger partial charge >= 0.3 is 6.18 Å². The van der Waals surface area contributed by atoms with Gasteiger partial charge in [-0.3, -0.25) is 9.69 Å². The van der Waals surface area contributed by atoms with E-state index in [1.54, 1.807) is 4.68 Å². The second-order valence-corrected chi connectivity index (χ2v) is 8.11. The Morgan fingerprint density at radius 2 is 1.81 bits per heavy atom. The van der Waals surface area contributed by atoms with Crippen LogP contribution in [0.1, 0.15) is 5.56 Å². The molecule has 0 bridgehead atoms. The van der Waals surface area contributed by atoms with Crippen LogP contribution in [0.3, 0.4) is 0 Å². The van der Waals surface area contributed by atoms with E-state index in [0.29, 0.717) is 32.1 Å². The summed E-state index contributed by atoms with van der Waals surface area (Å²) < 4.78 is 42.7. The lowest BCUT2D eigenvalue weighted by Gasteiger charge is -2.34. The molecule has 11 nitrogen and oxygen atoms in total. The van der Waals surface area contributed by atoms with Crippen molar-refractivity contribution in [1.29, 1.82) is 0 Å². The Bertz CT molecular complexity index is 1320. The number of hydrogen-bond acceptors (Lipinski definition) is 8. The minimum absolute atomic E-state index is 0.000924. The molecule has 186 valence electrons. The number of piperazine rings is 1. The summed E-state index contributed by atoms with van der Waals surface area (Å²) in [4.78, 5) is 20.6. The van der Waals surface area contributed by atoms with Crippen molar-refractivity contribution in [3.8, 4) is 11.4 Å². The zero-order chi connectivity index (χ0) is 25.1. The molecule has 0 saturated carbocycles. The molecule has 1 saturated heterocycles. The van der Waals surface area contributed by atoms with E-state index in [1.165, 1.54) is 23.4 Å². The Balaban J connectivity index is 1.24. The van der Waals surface area contributed by atoms with Gasteiger partial charge in [0.15, 0.2) is 0 Å². The third kappa shape index (κ3) is 5.02. The molecule has 36 heavy (non-hydrogen) atoms. The van der Waals surface area contributed by atoms with E-state index in [9.17, 15) is 18.0 Å². The van der Waals surface area contributed by atoms with Gasteiger partial charge in [-0.05, 0) is 40.8 Å². The van der Waals surface area contributed by atoms with Crippen LogP contribution in [0.25, 0.3) is 11.4 Å². The summed E-state index contributed by atoms with van der Waals surface area (Å²) in [7, 11) is 0. The molecule has 0 aliphatic carbocycles. The summed E-state index contributed by atoms with van der Waals surface area (Å²) in [6, 6.07) is 12.6. The Hall–Kier alpha value is -4.33. The second-order valence-electron chi connectivity index (χ2n) is 8.11. The zero-order valence-electron chi connectivity index (χ0n) is 18.9. The average Bonchev–Trinajstić information content (AvgIpc) is 3.57. The molecule has 1 fully saturated rings. The number of benzene rings is 2. The van der Waals surface area contributed by atoms with Crippen molar-refractivity contribution < 1.29 is 18.0 Å². The second kappa shape index (κ2) is 9.73. The van der Waals surface area contributed by atoms with Crippen LogP contribution in [-0.4, -0.2) is 78.5 Å². The number of carbonyl (C=O) groups is 1. The average molecular weight is 498 g/mol.